The number of nitrogens with zero attached hydrogens (tertiary/aromatic N) is 1. The van der Waals surface area contributed by atoms with Crippen molar-refractivity contribution in [3.05, 3.63) is 11.6 Å². The maximum absolute atomic E-state index is 14.2. The number of carbonyl (C=O) groups excluding carboxylic acids is 2. The van der Waals surface area contributed by atoms with Crippen molar-refractivity contribution in [3.63, 3.8) is 0 Å². The SMILES string of the molecule is CCC1CCCC(OCOCN(C)C)C(C)C(=O)C2=CC3C4CC(O[C@@H]5O[C@@H](C)[C@H](O)[C@@H](O)[C@H]5O)CC4CCC3C2CC(=O)O1. The molecule has 0 radical (unpaired) electrons. The van der Waals surface area contributed by atoms with Crippen LogP contribution in [0.4, 0.5) is 0 Å². The van der Waals surface area contributed by atoms with Gasteiger partial charge in [0.2, 0.25) is 0 Å². The maximum Gasteiger partial charge on any atom is 0.306 e. The van der Waals surface area contributed by atoms with E-state index in [2.05, 4.69) is 6.08 Å². The lowest BCUT2D eigenvalue weighted by molar-refractivity contribution is -0.303. The third-order valence-corrected chi connectivity index (χ3v) is 11.1. The topological polar surface area (TPSA) is 144 Å². The molecule has 0 aromatic heterocycles. The Morgan fingerprint density at radius 3 is 2.49 bits per heavy atom. The van der Waals surface area contributed by atoms with Gasteiger partial charge in [0.05, 0.1) is 24.7 Å². The Bertz CT molecular complexity index is 1050. The molecule has 5 aliphatic rings. The number of ketones is 1. The summed E-state index contributed by atoms with van der Waals surface area (Å²) >= 11 is 0. The highest BCUT2D eigenvalue weighted by molar-refractivity contribution is 5.99. The minimum Gasteiger partial charge on any atom is -0.462 e. The first-order valence-electron chi connectivity index (χ1n) is 17.1. The molecule has 2 heterocycles. The van der Waals surface area contributed by atoms with E-state index in [-0.39, 0.29) is 72.9 Å². The first-order valence-corrected chi connectivity index (χ1v) is 17.1. The molecule has 0 spiro atoms. The summed E-state index contributed by atoms with van der Waals surface area (Å²) < 4.78 is 29.8. The molecule has 45 heavy (non-hydrogen) atoms. The van der Waals surface area contributed by atoms with Gasteiger partial charge in [-0.25, -0.2) is 0 Å². The largest absolute Gasteiger partial charge is 0.462 e. The van der Waals surface area contributed by atoms with E-state index in [9.17, 15) is 24.9 Å². The number of esters is 1. The Kier molecular flexibility index (Phi) is 11.8. The summed E-state index contributed by atoms with van der Waals surface area (Å²) in [6.07, 6.45) is 2.59. The third kappa shape index (κ3) is 7.83. The number of fused-ring (bicyclic) bond motifs is 5. The third-order valence-electron chi connectivity index (χ3n) is 11.1. The fourth-order valence-corrected chi connectivity index (χ4v) is 8.63. The van der Waals surface area contributed by atoms with Gasteiger partial charge in [-0.3, -0.25) is 14.5 Å². The van der Waals surface area contributed by atoms with Gasteiger partial charge in [0.25, 0.3) is 0 Å². The molecule has 256 valence electrons. The predicted octanol–water partition coefficient (Wildman–Crippen LogP) is 2.79. The van der Waals surface area contributed by atoms with Crippen LogP contribution in [0.1, 0.15) is 78.6 Å². The van der Waals surface area contributed by atoms with E-state index in [0.29, 0.717) is 19.1 Å². The van der Waals surface area contributed by atoms with Crippen LogP contribution in [0, 0.1) is 35.5 Å². The monoisotopic (exact) mass is 637 g/mol. The van der Waals surface area contributed by atoms with Crippen molar-refractivity contribution in [1.29, 1.82) is 0 Å². The Balaban J connectivity index is 1.33. The minimum atomic E-state index is -1.34. The van der Waals surface area contributed by atoms with Crippen LogP contribution in [0.5, 0.6) is 0 Å². The second-order valence-electron chi connectivity index (χ2n) is 14.4. The lowest BCUT2D eigenvalue weighted by Crippen LogP contribution is -2.57. The van der Waals surface area contributed by atoms with Gasteiger partial charge in [0.1, 0.15) is 37.9 Å². The molecular formula is C34H55NO10. The molecule has 14 atom stereocenters. The van der Waals surface area contributed by atoms with Gasteiger partial charge in [0.15, 0.2) is 12.1 Å². The summed E-state index contributed by atoms with van der Waals surface area (Å²) in [5.41, 5.74) is 0.743. The molecule has 0 aromatic rings. The minimum absolute atomic E-state index is 0.0510. The average molecular weight is 638 g/mol. The van der Waals surface area contributed by atoms with E-state index in [1.54, 1.807) is 6.92 Å². The molecule has 4 fully saturated rings. The Hall–Kier alpha value is -1.44. The molecule has 2 saturated heterocycles. The van der Waals surface area contributed by atoms with Crippen molar-refractivity contribution in [2.45, 2.75) is 128 Å². The van der Waals surface area contributed by atoms with E-state index >= 15 is 0 Å². The van der Waals surface area contributed by atoms with E-state index < -0.39 is 30.7 Å². The zero-order chi connectivity index (χ0) is 32.4. The fourth-order valence-electron chi connectivity index (χ4n) is 8.63. The Labute approximate surface area is 267 Å². The summed E-state index contributed by atoms with van der Waals surface area (Å²) in [6.45, 7) is 6.18. The van der Waals surface area contributed by atoms with Gasteiger partial charge in [0, 0.05) is 11.8 Å². The number of cyclic esters (lactones) is 1. The molecule has 11 heteroatoms. The molecule has 11 nitrogen and oxygen atoms in total. The molecular weight excluding hydrogens is 582 g/mol. The van der Waals surface area contributed by atoms with E-state index in [4.69, 9.17) is 23.7 Å². The second kappa shape index (κ2) is 15.2. The van der Waals surface area contributed by atoms with E-state index in [1.807, 2.05) is 32.8 Å². The van der Waals surface area contributed by atoms with Crippen LogP contribution < -0.4 is 0 Å². The predicted molar refractivity (Wildman–Crippen MR) is 163 cm³/mol. The lowest BCUT2D eigenvalue weighted by Gasteiger charge is -2.40. The smallest absolute Gasteiger partial charge is 0.306 e. The number of rotatable bonds is 8. The average Bonchev–Trinajstić information content (AvgIpc) is 3.58. The van der Waals surface area contributed by atoms with Gasteiger partial charge in [-0.2, -0.15) is 0 Å². The van der Waals surface area contributed by atoms with Crippen molar-refractivity contribution in [2.75, 3.05) is 27.6 Å². The number of hydrogen-bond acceptors (Lipinski definition) is 11. The van der Waals surface area contributed by atoms with Crippen molar-refractivity contribution in [3.8, 4) is 0 Å². The summed E-state index contributed by atoms with van der Waals surface area (Å²) in [5, 5.41) is 30.9. The second-order valence-corrected chi connectivity index (χ2v) is 14.4. The molecule has 2 aliphatic heterocycles. The number of Topliss-reactive ketones (excluding diaryl/α,β-unsaturated/α-hetero) is 1. The standard InChI is InChI=1S/C34H55NO10/c1-6-21-8-7-9-28(42-17-41-16-35(4)5)18(2)30(37)27-14-25-23(26(27)15-29(36)44-21)11-10-20-12-22(13-24(20)25)45-34-33(40)32(39)31(38)19(3)43-34/h14,18-26,28,31-34,38-40H,6-13,15-17H2,1-5H3/t18?,19-,20?,21?,22?,23?,24?,25?,26?,28?,31-,32+,33+,34-/m0/s1. The highest BCUT2D eigenvalue weighted by atomic mass is 16.7. The van der Waals surface area contributed by atoms with E-state index in [1.165, 1.54) is 0 Å². The first-order chi connectivity index (χ1) is 21.5. The number of aliphatic hydroxyl groups is 3. The van der Waals surface area contributed by atoms with Crippen LogP contribution in [0.3, 0.4) is 0 Å². The number of allylic oxidation sites excluding steroid dienone is 2. The number of hydrogen-bond donors (Lipinski definition) is 3. The van der Waals surface area contributed by atoms with Crippen molar-refractivity contribution in [1.82, 2.24) is 4.90 Å². The van der Waals surface area contributed by atoms with E-state index in [0.717, 1.165) is 50.5 Å². The van der Waals surface area contributed by atoms with Gasteiger partial charge < -0.3 is 39.0 Å². The first kappa shape index (κ1) is 34.9. The van der Waals surface area contributed by atoms with Gasteiger partial charge >= 0.3 is 5.97 Å². The highest BCUT2D eigenvalue weighted by Crippen LogP contribution is 2.56. The number of aliphatic hydroxyl groups excluding tert-OH is 3. The number of ether oxygens (including phenoxy) is 5. The Morgan fingerprint density at radius 1 is 0.978 bits per heavy atom. The molecule has 0 aromatic carbocycles. The normalized spacial score (nSPS) is 44.3. The van der Waals surface area contributed by atoms with Crippen LogP contribution in [-0.2, 0) is 33.3 Å². The van der Waals surface area contributed by atoms with Gasteiger partial charge in [-0.05, 0) is 102 Å². The molecule has 9 unspecified atom stereocenters. The molecule has 2 saturated carbocycles. The molecule has 5 rings (SSSR count). The maximum atomic E-state index is 14.2. The molecule has 3 aliphatic carbocycles. The van der Waals surface area contributed by atoms with Crippen LogP contribution in [-0.4, -0.2) is 109 Å². The lowest BCUT2D eigenvalue weighted by atomic mass is 9.66. The highest BCUT2D eigenvalue weighted by Gasteiger charge is 2.53. The molecule has 0 bridgehead atoms. The zero-order valence-electron chi connectivity index (χ0n) is 27.6. The van der Waals surface area contributed by atoms with Crippen LogP contribution in [0.15, 0.2) is 11.6 Å². The zero-order valence-corrected chi connectivity index (χ0v) is 27.6. The van der Waals surface area contributed by atoms with Crippen molar-refractivity contribution in [2.24, 2.45) is 35.5 Å². The van der Waals surface area contributed by atoms with Crippen LogP contribution in [0.25, 0.3) is 0 Å². The van der Waals surface area contributed by atoms with Gasteiger partial charge in [-0.15, -0.1) is 0 Å². The number of carbonyl (C=O) groups is 2. The Morgan fingerprint density at radius 2 is 1.76 bits per heavy atom. The summed E-state index contributed by atoms with van der Waals surface area (Å²) in [7, 11) is 3.85. The van der Waals surface area contributed by atoms with Crippen molar-refractivity contribution < 1.29 is 48.6 Å². The van der Waals surface area contributed by atoms with Crippen LogP contribution in [0.2, 0.25) is 0 Å². The summed E-state index contributed by atoms with van der Waals surface area (Å²) in [6, 6.07) is 0. The molecule has 0 amide bonds. The summed E-state index contributed by atoms with van der Waals surface area (Å²) in [4.78, 5) is 29.4. The summed E-state index contributed by atoms with van der Waals surface area (Å²) in [5.74, 6) is 0.225. The van der Waals surface area contributed by atoms with Crippen LogP contribution >= 0.6 is 0 Å². The van der Waals surface area contributed by atoms with Crippen molar-refractivity contribution >= 4 is 11.8 Å². The fraction of sp³-hybridized carbons (Fsp3) is 0.882. The quantitative estimate of drug-likeness (QED) is 0.205. The molecule has 3 N–H and O–H groups in total. The van der Waals surface area contributed by atoms with Gasteiger partial charge in [-0.1, -0.05) is 19.9 Å².